The van der Waals surface area contributed by atoms with E-state index in [0.717, 1.165) is 59.8 Å². The largest absolute Gasteiger partial charge is 0.353 e. The molecule has 4 aromatic rings. The van der Waals surface area contributed by atoms with Gasteiger partial charge in [-0.05, 0) is 68.5 Å². The molecule has 5 heteroatoms. The summed E-state index contributed by atoms with van der Waals surface area (Å²) in [5.74, 6) is -0.0280. The summed E-state index contributed by atoms with van der Waals surface area (Å²) in [5, 5.41) is 7.11. The van der Waals surface area contributed by atoms with Crippen LogP contribution in [-0.2, 0) is 16.6 Å². The Bertz CT molecular complexity index is 1400. The molecule has 1 atom stereocenters. The molecule has 1 aromatic heterocycles. The van der Waals surface area contributed by atoms with Gasteiger partial charge in [0.1, 0.15) is 0 Å². The van der Waals surface area contributed by atoms with Crippen molar-refractivity contribution < 1.29 is 9.59 Å². The number of hydrogen-bond acceptors (Lipinski definition) is 3. The Morgan fingerprint density at radius 3 is 2.35 bits per heavy atom. The van der Waals surface area contributed by atoms with E-state index >= 15 is 0 Å². The minimum absolute atomic E-state index is 0.000882. The summed E-state index contributed by atoms with van der Waals surface area (Å²) in [6.07, 6.45) is 6.34. The number of carbonyl (C=O) groups is 2. The molecule has 1 heterocycles. The molecule has 0 aliphatic heterocycles. The molecule has 0 saturated heterocycles. The van der Waals surface area contributed by atoms with Crippen molar-refractivity contribution >= 4 is 28.4 Å². The predicted molar refractivity (Wildman–Crippen MR) is 149 cm³/mol. The van der Waals surface area contributed by atoms with Crippen molar-refractivity contribution in [2.75, 3.05) is 5.32 Å². The second-order valence-electron chi connectivity index (χ2n) is 10.3. The zero-order chi connectivity index (χ0) is 25.8. The lowest BCUT2D eigenvalue weighted by Gasteiger charge is -2.30. The maximum absolute atomic E-state index is 13.5. The van der Waals surface area contributed by atoms with Gasteiger partial charge in [-0.2, -0.15) is 0 Å². The van der Waals surface area contributed by atoms with Gasteiger partial charge in [-0.25, -0.2) is 0 Å². The quantitative estimate of drug-likeness (QED) is 0.316. The van der Waals surface area contributed by atoms with Crippen LogP contribution in [0.4, 0.5) is 5.69 Å². The van der Waals surface area contributed by atoms with Crippen LogP contribution < -0.4 is 10.6 Å². The summed E-state index contributed by atoms with van der Waals surface area (Å²) in [6.45, 7) is 4.13. The third kappa shape index (κ3) is 5.26. The maximum Gasteiger partial charge on any atom is 0.256 e. The fourth-order valence-corrected chi connectivity index (χ4v) is 5.48. The Morgan fingerprint density at radius 2 is 1.62 bits per heavy atom. The number of carbonyl (C=O) groups excluding carboxylic acids is 2. The maximum atomic E-state index is 13.5. The highest BCUT2D eigenvalue weighted by atomic mass is 16.2. The fourth-order valence-electron chi connectivity index (χ4n) is 5.48. The molecule has 0 radical (unpaired) electrons. The summed E-state index contributed by atoms with van der Waals surface area (Å²) in [4.78, 5) is 30.7. The average molecular weight is 492 g/mol. The minimum Gasteiger partial charge on any atom is -0.353 e. The molecule has 2 amide bonds. The van der Waals surface area contributed by atoms with E-state index in [1.54, 1.807) is 12.3 Å². The monoisotopic (exact) mass is 491 g/mol. The molecular formula is C32H33N3O2. The van der Waals surface area contributed by atoms with Crippen LogP contribution in [-0.4, -0.2) is 22.8 Å². The second-order valence-corrected chi connectivity index (χ2v) is 10.3. The Kier molecular flexibility index (Phi) is 7.04. The molecule has 5 rings (SSSR count). The van der Waals surface area contributed by atoms with Gasteiger partial charge < -0.3 is 10.6 Å². The van der Waals surface area contributed by atoms with E-state index in [-0.39, 0.29) is 17.9 Å². The molecule has 1 fully saturated rings. The van der Waals surface area contributed by atoms with E-state index in [9.17, 15) is 9.59 Å². The van der Waals surface area contributed by atoms with Crippen LogP contribution in [0.1, 0.15) is 59.7 Å². The zero-order valence-electron chi connectivity index (χ0n) is 21.5. The van der Waals surface area contributed by atoms with Crippen LogP contribution >= 0.6 is 0 Å². The van der Waals surface area contributed by atoms with Gasteiger partial charge in [-0.1, -0.05) is 73.0 Å². The normalized spacial score (nSPS) is 15.3. The first-order chi connectivity index (χ1) is 17.9. The van der Waals surface area contributed by atoms with Crippen molar-refractivity contribution in [3.05, 3.63) is 107 Å². The lowest BCUT2D eigenvalue weighted by molar-refractivity contribution is -0.127. The van der Waals surface area contributed by atoms with Gasteiger partial charge in [-0.3, -0.25) is 14.6 Å². The summed E-state index contributed by atoms with van der Waals surface area (Å²) < 4.78 is 0. The molecular weight excluding hydrogens is 458 g/mol. The molecule has 188 valence electrons. The molecule has 5 nitrogen and oxygen atoms in total. The third-order valence-corrected chi connectivity index (χ3v) is 7.52. The van der Waals surface area contributed by atoms with E-state index in [1.165, 1.54) is 5.56 Å². The van der Waals surface area contributed by atoms with Gasteiger partial charge in [0, 0.05) is 23.3 Å². The van der Waals surface area contributed by atoms with Crippen molar-refractivity contribution in [3.8, 4) is 0 Å². The van der Waals surface area contributed by atoms with Crippen molar-refractivity contribution in [1.29, 1.82) is 0 Å². The van der Waals surface area contributed by atoms with E-state index in [4.69, 9.17) is 0 Å². The lowest BCUT2D eigenvalue weighted by atomic mass is 9.77. The molecule has 0 spiro atoms. The number of anilines is 1. The Hall–Kier alpha value is -3.99. The molecule has 37 heavy (non-hydrogen) atoms. The van der Waals surface area contributed by atoms with E-state index < -0.39 is 5.41 Å². The van der Waals surface area contributed by atoms with Gasteiger partial charge in [-0.15, -0.1) is 0 Å². The SMILES string of the molecule is Cc1ccc(C2(C(=O)NC(C)Cc3ccc(NC(=O)c4ccnc5ccccc45)cc3)CCCC2)cc1. The third-order valence-electron chi connectivity index (χ3n) is 7.52. The summed E-state index contributed by atoms with van der Waals surface area (Å²) in [5.41, 5.74) is 5.14. The number of benzene rings is 3. The fraction of sp³-hybridized carbons (Fsp3) is 0.281. The van der Waals surface area contributed by atoms with Gasteiger partial charge in [0.25, 0.3) is 5.91 Å². The second kappa shape index (κ2) is 10.6. The Morgan fingerprint density at radius 1 is 0.919 bits per heavy atom. The molecule has 0 bridgehead atoms. The van der Waals surface area contributed by atoms with Crippen molar-refractivity contribution in [1.82, 2.24) is 10.3 Å². The van der Waals surface area contributed by atoms with Crippen LogP contribution in [0.25, 0.3) is 10.9 Å². The number of rotatable bonds is 7. The number of aryl methyl sites for hydroxylation is 1. The van der Waals surface area contributed by atoms with Crippen molar-refractivity contribution in [2.45, 2.75) is 57.4 Å². The highest BCUT2D eigenvalue weighted by molar-refractivity contribution is 6.12. The van der Waals surface area contributed by atoms with Gasteiger partial charge in [0.2, 0.25) is 5.91 Å². The van der Waals surface area contributed by atoms with E-state index in [1.807, 2.05) is 48.5 Å². The first-order valence-corrected chi connectivity index (χ1v) is 13.1. The van der Waals surface area contributed by atoms with Crippen molar-refractivity contribution in [2.24, 2.45) is 0 Å². The van der Waals surface area contributed by atoms with Crippen LogP contribution in [0.3, 0.4) is 0 Å². The number of pyridine rings is 1. The van der Waals surface area contributed by atoms with E-state index in [2.05, 4.69) is 53.7 Å². The topological polar surface area (TPSA) is 71.1 Å². The van der Waals surface area contributed by atoms with E-state index in [0.29, 0.717) is 5.56 Å². The zero-order valence-corrected chi connectivity index (χ0v) is 21.5. The van der Waals surface area contributed by atoms with Gasteiger partial charge in [0.05, 0.1) is 16.5 Å². The average Bonchev–Trinajstić information content (AvgIpc) is 3.41. The standard InChI is InChI=1S/C32H33N3O2/c1-22-9-13-25(14-10-22)32(18-5-6-19-32)31(37)34-23(2)21-24-11-15-26(16-12-24)35-30(36)28-17-20-33-29-8-4-3-7-27(28)29/h3-4,7-17,20,23H,5-6,18-19,21H2,1-2H3,(H,34,37)(H,35,36). The van der Waals surface area contributed by atoms with Crippen LogP contribution in [0.2, 0.25) is 0 Å². The van der Waals surface area contributed by atoms with Crippen LogP contribution in [0.15, 0.2) is 85.1 Å². The number of para-hydroxylation sites is 1. The first kappa shape index (κ1) is 24.7. The minimum atomic E-state index is -0.423. The summed E-state index contributed by atoms with van der Waals surface area (Å²) >= 11 is 0. The summed E-state index contributed by atoms with van der Waals surface area (Å²) in [7, 11) is 0. The molecule has 1 unspecified atom stereocenters. The van der Waals surface area contributed by atoms with Crippen LogP contribution in [0.5, 0.6) is 0 Å². The lowest BCUT2D eigenvalue weighted by Crippen LogP contribution is -2.46. The number of nitrogens with one attached hydrogen (secondary N) is 2. The molecule has 1 saturated carbocycles. The Balaban J connectivity index is 1.22. The smallest absolute Gasteiger partial charge is 0.256 e. The van der Waals surface area contributed by atoms with Crippen LogP contribution in [0, 0.1) is 6.92 Å². The number of nitrogens with zero attached hydrogens (tertiary/aromatic N) is 1. The number of hydrogen-bond donors (Lipinski definition) is 2. The highest BCUT2D eigenvalue weighted by Gasteiger charge is 2.42. The summed E-state index contributed by atoms with van der Waals surface area (Å²) in [6, 6.07) is 25.6. The molecule has 3 aromatic carbocycles. The van der Waals surface area contributed by atoms with Gasteiger partial charge >= 0.3 is 0 Å². The Labute approximate surface area is 218 Å². The molecule has 1 aliphatic carbocycles. The highest BCUT2D eigenvalue weighted by Crippen LogP contribution is 2.41. The first-order valence-electron chi connectivity index (χ1n) is 13.1. The van der Waals surface area contributed by atoms with Crippen molar-refractivity contribution in [3.63, 3.8) is 0 Å². The van der Waals surface area contributed by atoms with Gasteiger partial charge in [0.15, 0.2) is 0 Å². The predicted octanol–water partition coefficient (Wildman–Crippen LogP) is 6.35. The number of fused-ring (bicyclic) bond motifs is 1. The molecule has 1 aliphatic rings. The molecule has 2 N–H and O–H groups in total. The number of amides is 2. The number of aromatic nitrogens is 1.